The van der Waals surface area contributed by atoms with Crippen LogP contribution >= 0.6 is 15.9 Å². The van der Waals surface area contributed by atoms with E-state index in [1.165, 1.54) is 0 Å². The van der Waals surface area contributed by atoms with Gasteiger partial charge < -0.3 is 15.0 Å². The number of hydrogen-bond donors (Lipinski definition) is 1. The number of fused-ring (bicyclic) bond motifs is 2. The minimum atomic E-state index is -0.657. The highest BCUT2D eigenvalue weighted by Gasteiger charge is 2.53. The number of nitrogens with one attached hydrogen (secondary N) is 1. The zero-order valence-electron chi connectivity index (χ0n) is 12.9. The second kappa shape index (κ2) is 4.98. The molecule has 0 saturated carbocycles. The second-order valence-electron chi connectivity index (χ2n) is 6.85. The van der Waals surface area contributed by atoms with E-state index in [-0.39, 0.29) is 12.0 Å². The van der Waals surface area contributed by atoms with Gasteiger partial charge in [-0.3, -0.25) is 4.79 Å². The molecule has 22 heavy (non-hydrogen) atoms. The van der Waals surface area contributed by atoms with Crippen molar-refractivity contribution in [1.82, 2.24) is 4.90 Å². The fraction of sp³-hybridized carbons (Fsp3) is 0.500. The number of anilines is 1. The van der Waals surface area contributed by atoms with E-state index in [2.05, 4.69) is 21.2 Å². The standard InChI is InChI=1S/C16H19BrN2O3/c1-15(2,3)22-14(21)19-8-7-16(9-19)10-5-4-6-11(17)12(10)18-13(16)20/h4-6H,7-9H2,1-3H3,(H,18,20). The van der Waals surface area contributed by atoms with Crippen molar-refractivity contribution in [2.24, 2.45) is 0 Å². The van der Waals surface area contributed by atoms with E-state index >= 15 is 0 Å². The van der Waals surface area contributed by atoms with Crippen molar-refractivity contribution in [2.75, 3.05) is 18.4 Å². The SMILES string of the molecule is CC(C)(C)OC(=O)N1CCC2(C1)C(=O)Nc1c(Br)cccc12. The Hall–Kier alpha value is -1.56. The summed E-state index contributed by atoms with van der Waals surface area (Å²) < 4.78 is 6.28. The zero-order valence-corrected chi connectivity index (χ0v) is 14.5. The van der Waals surface area contributed by atoms with Gasteiger partial charge in [-0.15, -0.1) is 0 Å². The van der Waals surface area contributed by atoms with Crippen molar-refractivity contribution in [1.29, 1.82) is 0 Å². The van der Waals surface area contributed by atoms with Gasteiger partial charge >= 0.3 is 6.09 Å². The van der Waals surface area contributed by atoms with Crippen LogP contribution in [0.15, 0.2) is 22.7 Å². The first-order valence-corrected chi connectivity index (χ1v) is 8.11. The summed E-state index contributed by atoms with van der Waals surface area (Å²) in [6.07, 6.45) is 0.252. The molecule has 118 valence electrons. The third kappa shape index (κ3) is 2.39. The summed E-state index contributed by atoms with van der Waals surface area (Å²) in [6.45, 7) is 6.40. The van der Waals surface area contributed by atoms with Crippen LogP contribution in [0.3, 0.4) is 0 Å². The Morgan fingerprint density at radius 1 is 1.41 bits per heavy atom. The third-order valence-electron chi connectivity index (χ3n) is 4.12. The number of likely N-dealkylation sites (tertiary alicyclic amines) is 1. The van der Waals surface area contributed by atoms with Gasteiger partial charge in [0.25, 0.3) is 0 Å². The number of halogens is 1. The van der Waals surface area contributed by atoms with Gasteiger partial charge in [-0.1, -0.05) is 12.1 Å². The Kier molecular flexibility index (Phi) is 3.47. The molecule has 2 aliphatic rings. The number of para-hydroxylation sites is 1. The topological polar surface area (TPSA) is 58.6 Å². The van der Waals surface area contributed by atoms with Gasteiger partial charge in [0.15, 0.2) is 0 Å². The minimum absolute atomic E-state index is 0.0412. The van der Waals surface area contributed by atoms with Gasteiger partial charge in [-0.05, 0) is 54.8 Å². The molecule has 2 aliphatic heterocycles. The van der Waals surface area contributed by atoms with Crippen LogP contribution in [0.4, 0.5) is 10.5 Å². The smallest absolute Gasteiger partial charge is 0.410 e. The quantitative estimate of drug-likeness (QED) is 0.766. The maximum Gasteiger partial charge on any atom is 0.410 e. The predicted molar refractivity (Wildman–Crippen MR) is 86.9 cm³/mol. The third-order valence-corrected chi connectivity index (χ3v) is 4.78. The highest BCUT2D eigenvalue weighted by molar-refractivity contribution is 9.10. The van der Waals surface area contributed by atoms with E-state index in [0.29, 0.717) is 19.5 Å². The molecule has 0 aromatic heterocycles. The molecule has 1 N–H and O–H groups in total. The number of nitrogens with zero attached hydrogens (tertiary/aromatic N) is 1. The lowest BCUT2D eigenvalue weighted by atomic mass is 9.81. The number of hydrogen-bond acceptors (Lipinski definition) is 3. The van der Waals surface area contributed by atoms with Crippen LogP contribution in [-0.2, 0) is 14.9 Å². The van der Waals surface area contributed by atoms with Crippen molar-refractivity contribution >= 4 is 33.6 Å². The molecule has 1 fully saturated rings. The van der Waals surface area contributed by atoms with Crippen molar-refractivity contribution < 1.29 is 14.3 Å². The molecule has 2 amide bonds. The van der Waals surface area contributed by atoms with Gasteiger partial charge in [-0.2, -0.15) is 0 Å². The molecule has 1 unspecified atom stereocenters. The van der Waals surface area contributed by atoms with Crippen LogP contribution in [0.5, 0.6) is 0 Å². The van der Waals surface area contributed by atoms with Crippen LogP contribution in [0, 0.1) is 0 Å². The molecule has 0 radical (unpaired) electrons. The number of amides is 2. The second-order valence-corrected chi connectivity index (χ2v) is 7.70. The lowest BCUT2D eigenvalue weighted by molar-refractivity contribution is -0.120. The van der Waals surface area contributed by atoms with E-state index in [9.17, 15) is 9.59 Å². The van der Waals surface area contributed by atoms with E-state index in [4.69, 9.17) is 4.74 Å². The highest BCUT2D eigenvalue weighted by Crippen LogP contribution is 2.46. The van der Waals surface area contributed by atoms with Gasteiger partial charge in [0.1, 0.15) is 5.60 Å². The lowest BCUT2D eigenvalue weighted by Crippen LogP contribution is -2.41. The molecule has 1 spiro atoms. The summed E-state index contributed by atoms with van der Waals surface area (Å²) in [5.41, 5.74) is 0.582. The fourth-order valence-electron chi connectivity index (χ4n) is 3.10. The van der Waals surface area contributed by atoms with Gasteiger partial charge in [0.05, 0.1) is 11.1 Å². The molecule has 0 aliphatic carbocycles. The Bertz CT molecular complexity index is 653. The van der Waals surface area contributed by atoms with Crippen LogP contribution < -0.4 is 5.32 Å². The van der Waals surface area contributed by atoms with E-state index in [0.717, 1.165) is 15.7 Å². The molecule has 1 aromatic rings. The molecular formula is C16H19BrN2O3. The molecule has 1 saturated heterocycles. The molecule has 6 heteroatoms. The number of carbonyl (C=O) groups is 2. The Balaban J connectivity index is 1.87. The first-order valence-electron chi connectivity index (χ1n) is 7.31. The summed E-state index contributed by atoms with van der Waals surface area (Å²) in [5.74, 6) is -0.0412. The fourth-order valence-corrected chi connectivity index (χ4v) is 3.57. The average Bonchev–Trinajstić information content (AvgIpc) is 2.95. The maximum atomic E-state index is 12.6. The van der Waals surface area contributed by atoms with Crippen molar-refractivity contribution in [2.45, 2.75) is 38.2 Å². The molecule has 5 nitrogen and oxygen atoms in total. The molecule has 1 aromatic carbocycles. The molecular weight excluding hydrogens is 348 g/mol. The van der Waals surface area contributed by atoms with Crippen molar-refractivity contribution in [3.63, 3.8) is 0 Å². The first kappa shape index (κ1) is 15.3. The molecule has 2 heterocycles. The summed E-state index contributed by atoms with van der Waals surface area (Å²) in [7, 11) is 0. The Morgan fingerprint density at radius 3 is 2.82 bits per heavy atom. The molecule has 0 bridgehead atoms. The lowest BCUT2D eigenvalue weighted by Gasteiger charge is -2.26. The summed E-state index contributed by atoms with van der Waals surface area (Å²) in [4.78, 5) is 26.4. The summed E-state index contributed by atoms with van der Waals surface area (Å²) in [6, 6.07) is 5.77. The highest BCUT2D eigenvalue weighted by atomic mass is 79.9. The predicted octanol–water partition coefficient (Wildman–Crippen LogP) is 3.28. The number of benzene rings is 1. The van der Waals surface area contributed by atoms with E-state index in [1.54, 1.807) is 4.90 Å². The Labute approximate surface area is 138 Å². The first-order chi connectivity index (χ1) is 10.2. The van der Waals surface area contributed by atoms with Crippen LogP contribution in [0.25, 0.3) is 0 Å². The largest absolute Gasteiger partial charge is 0.444 e. The van der Waals surface area contributed by atoms with Gasteiger partial charge in [0, 0.05) is 17.6 Å². The normalized spacial score (nSPS) is 23.6. The van der Waals surface area contributed by atoms with Gasteiger partial charge in [-0.25, -0.2) is 4.79 Å². The minimum Gasteiger partial charge on any atom is -0.444 e. The van der Waals surface area contributed by atoms with Crippen LogP contribution in [0.2, 0.25) is 0 Å². The van der Waals surface area contributed by atoms with E-state index < -0.39 is 11.0 Å². The Morgan fingerprint density at radius 2 is 2.14 bits per heavy atom. The van der Waals surface area contributed by atoms with Crippen molar-refractivity contribution in [3.05, 3.63) is 28.2 Å². The van der Waals surface area contributed by atoms with Crippen LogP contribution in [-0.4, -0.2) is 35.6 Å². The molecule has 1 atom stereocenters. The maximum absolute atomic E-state index is 12.6. The average molecular weight is 367 g/mol. The molecule has 3 rings (SSSR count). The number of carbonyl (C=O) groups excluding carboxylic acids is 2. The zero-order chi connectivity index (χ0) is 16.1. The monoisotopic (exact) mass is 366 g/mol. The number of ether oxygens (including phenoxy) is 1. The van der Waals surface area contributed by atoms with Crippen molar-refractivity contribution in [3.8, 4) is 0 Å². The summed E-state index contributed by atoms with van der Waals surface area (Å²) >= 11 is 3.47. The van der Waals surface area contributed by atoms with E-state index in [1.807, 2.05) is 39.0 Å². The summed E-state index contributed by atoms with van der Waals surface area (Å²) in [5, 5.41) is 2.94. The van der Waals surface area contributed by atoms with Crippen LogP contribution in [0.1, 0.15) is 32.8 Å². The van der Waals surface area contributed by atoms with Gasteiger partial charge in [0.2, 0.25) is 5.91 Å². The number of rotatable bonds is 0.